The summed E-state index contributed by atoms with van der Waals surface area (Å²) in [4.78, 5) is 38.1. The Bertz CT molecular complexity index is 922. The van der Waals surface area contributed by atoms with Gasteiger partial charge in [0.05, 0.1) is 4.91 Å². The van der Waals surface area contributed by atoms with Crippen LogP contribution >= 0.6 is 27.7 Å². The molecule has 3 amide bonds. The lowest BCUT2D eigenvalue weighted by Crippen LogP contribution is -2.37. The quantitative estimate of drug-likeness (QED) is 0.673. The van der Waals surface area contributed by atoms with Crippen molar-refractivity contribution in [1.82, 2.24) is 10.2 Å². The maximum Gasteiger partial charge on any atom is 0.293 e. The molecule has 27 heavy (non-hydrogen) atoms. The number of furan rings is 1. The summed E-state index contributed by atoms with van der Waals surface area (Å²) in [5.74, 6) is 0.219. The highest BCUT2D eigenvalue weighted by molar-refractivity contribution is 9.10. The second-order valence-corrected chi connectivity index (χ2v) is 7.67. The van der Waals surface area contributed by atoms with Crippen LogP contribution in [0.4, 0.5) is 4.79 Å². The highest BCUT2D eigenvalue weighted by Crippen LogP contribution is 2.32. The smallest absolute Gasteiger partial charge is 0.293 e. The fourth-order valence-electron chi connectivity index (χ4n) is 2.50. The van der Waals surface area contributed by atoms with Crippen molar-refractivity contribution in [2.75, 3.05) is 13.1 Å². The number of rotatable bonds is 6. The minimum atomic E-state index is -0.369. The van der Waals surface area contributed by atoms with Gasteiger partial charge in [-0.15, -0.1) is 0 Å². The van der Waals surface area contributed by atoms with Gasteiger partial charge in [-0.25, -0.2) is 0 Å². The third kappa shape index (κ3) is 4.70. The molecule has 0 radical (unpaired) electrons. The molecule has 1 N–H and O–H groups in total. The molecule has 0 bridgehead atoms. The van der Waals surface area contributed by atoms with Gasteiger partial charge in [0, 0.05) is 24.0 Å². The van der Waals surface area contributed by atoms with Gasteiger partial charge in [0.2, 0.25) is 0 Å². The van der Waals surface area contributed by atoms with Crippen molar-refractivity contribution in [1.29, 1.82) is 0 Å². The Morgan fingerprint density at radius 3 is 2.81 bits per heavy atom. The van der Waals surface area contributed by atoms with Crippen LogP contribution in [0.1, 0.15) is 28.8 Å². The Labute approximate surface area is 169 Å². The topological polar surface area (TPSA) is 79.6 Å². The van der Waals surface area contributed by atoms with E-state index in [9.17, 15) is 14.4 Å². The molecule has 0 spiro atoms. The third-order valence-corrected chi connectivity index (χ3v) is 5.28. The summed E-state index contributed by atoms with van der Waals surface area (Å²) in [5.41, 5.74) is 0.827. The zero-order valence-electron chi connectivity index (χ0n) is 14.5. The van der Waals surface area contributed by atoms with Gasteiger partial charge in [-0.05, 0) is 47.7 Å². The van der Waals surface area contributed by atoms with Crippen LogP contribution in [-0.2, 0) is 11.2 Å². The van der Waals surface area contributed by atoms with E-state index in [1.165, 1.54) is 0 Å². The van der Waals surface area contributed by atoms with Gasteiger partial charge in [-0.1, -0.05) is 35.0 Å². The summed E-state index contributed by atoms with van der Waals surface area (Å²) in [6.45, 7) is 2.19. The number of halogens is 1. The first-order chi connectivity index (χ1) is 13.0. The standard InChI is InChI=1S/C19H17BrN2O4S/c1-2-14-6-7-15(26-14)17(23)21-8-9-22-18(24)16(27-19(22)25)11-12-4-3-5-13(20)10-12/h3-7,10-11H,2,8-9H2,1H3,(H,21,23)/b16-11-. The Morgan fingerprint density at radius 1 is 1.30 bits per heavy atom. The predicted molar refractivity (Wildman–Crippen MR) is 107 cm³/mol. The minimum absolute atomic E-state index is 0.105. The lowest BCUT2D eigenvalue weighted by atomic mass is 10.2. The van der Waals surface area contributed by atoms with E-state index in [0.29, 0.717) is 11.3 Å². The van der Waals surface area contributed by atoms with E-state index in [1.54, 1.807) is 18.2 Å². The van der Waals surface area contributed by atoms with Gasteiger partial charge in [0.25, 0.3) is 17.1 Å². The summed E-state index contributed by atoms with van der Waals surface area (Å²) in [6.07, 6.45) is 2.39. The zero-order chi connectivity index (χ0) is 19.4. The van der Waals surface area contributed by atoms with E-state index in [4.69, 9.17) is 4.42 Å². The Hall–Kier alpha value is -2.32. The molecular weight excluding hydrogens is 432 g/mol. The third-order valence-electron chi connectivity index (χ3n) is 3.87. The second kappa shape index (κ2) is 8.58. The van der Waals surface area contributed by atoms with E-state index in [2.05, 4.69) is 21.2 Å². The van der Waals surface area contributed by atoms with Gasteiger partial charge in [0.1, 0.15) is 5.76 Å². The molecule has 1 aliphatic rings. The molecule has 1 aromatic carbocycles. The molecule has 1 aliphatic heterocycles. The fraction of sp³-hybridized carbons (Fsp3) is 0.211. The molecule has 0 saturated carbocycles. The monoisotopic (exact) mass is 448 g/mol. The number of amides is 3. The minimum Gasteiger partial charge on any atom is -0.456 e. The van der Waals surface area contributed by atoms with Crippen LogP contribution < -0.4 is 5.32 Å². The lowest BCUT2D eigenvalue weighted by molar-refractivity contribution is -0.122. The van der Waals surface area contributed by atoms with Crippen LogP contribution in [0.5, 0.6) is 0 Å². The fourth-order valence-corrected chi connectivity index (χ4v) is 3.78. The van der Waals surface area contributed by atoms with Crippen molar-refractivity contribution >= 4 is 50.8 Å². The molecule has 6 nitrogen and oxygen atoms in total. The largest absolute Gasteiger partial charge is 0.456 e. The van der Waals surface area contributed by atoms with Gasteiger partial charge in [-0.3, -0.25) is 19.3 Å². The predicted octanol–water partition coefficient (Wildman–Crippen LogP) is 4.07. The Balaban J connectivity index is 1.58. The van der Waals surface area contributed by atoms with Crippen molar-refractivity contribution < 1.29 is 18.8 Å². The summed E-state index contributed by atoms with van der Waals surface area (Å²) in [6, 6.07) is 10.8. The highest BCUT2D eigenvalue weighted by Gasteiger charge is 2.34. The molecule has 0 atom stereocenters. The van der Waals surface area contributed by atoms with Crippen LogP contribution in [0.25, 0.3) is 6.08 Å². The van der Waals surface area contributed by atoms with E-state index in [1.807, 2.05) is 31.2 Å². The Kier molecular flexibility index (Phi) is 6.18. The second-order valence-electron chi connectivity index (χ2n) is 5.76. The highest BCUT2D eigenvalue weighted by atomic mass is 79.9. The van der Waals surface area contributed by atoms with Crippen LogP contribution in [0.2, 0.25) is 0 Å². The maximum absolute atomic E-state index is 12.5. The number of nitrogens with zero attached hydrogens (tertiary/aromatic N) is 1. The lowest BCUT2D eigenvalue weighted by Gasteiger charge is -2.12. The number of carbonyl (C=O) groups is 3. The van der Waals surface area contributed by atoms with E-state index in [-0.39, 0.29) is 35.9 Å². The SMILES string of the molecule is CCc1ccc(C(=O)NCCN2C(=O)S/C(=C\c3cccc(Br)c3)C2=O)o1. The average Bonchev–Trinajstić information content (AvgIpc) is 3.22. The van der Waals surface area contributed by atoms with Gasteiger partial charge >= 0.3 is 0 Å². The van der Waals surface area contributed by atoms with Gasteiger partial charge in [-0.2, -0.15) is 0 Å². The molecule has 1 saturated heterocycles. The van der Waals surface area contributed by atoms with Crippen molar-refractivity contribution in [2.45, 2.75) is 13.3 Å². The first-order valence-electron chi connectivity index (χ1n) is 8.35. The van der Waals surface area contributed by atoms with Gasteiger partial charge in [0.15, 0.2) is 5.76 Å². The van der Waals surface area contributed by atoms with E-state index < -0.39 is 0 Å². The average molecular weight is 449 g/mol. The van der Waals surface area contributed by atoms with Crippen molar-refractivity contribution in [3.63, 3.8) is 0 Å². The first-order valence-corrected chi connectivity index (χ1v) is 9.96. The van der Waals surface area contributed by atoms with Crippen molar-refractivity contribution in [3.05, 3.63) is 62.9 Å². The van der Waals surface area contributed by atoms with E-state index >= 15 is 0 Å². The van der Waals surface area contributed by atoms with Crippen molar-refractivity contribution in [3.8, 4) is 0 Å². The number of thioether (sulfide) groups is 1. The zero-order valence-corrected chi connectivity index (χ0v) is 16.9. The number of hydrogen-bond acceptors (Lipinski definition) is 5. The van der Waals surface area contributed by atoms with Crippen LogP contribution in [0, 0.1) is 0 Å². The summed E-state index contributed by atoms with van der Waals surface area (Å²) < 4.78 is 6.27. The number of benzene rings is 1. The molecule has 1 aromatic heterocycles. The molecule has 3 rings (SSSR count). The van der Waals surface area contributed by atoms with Crippen LogP contribution in [-0.4, -0.2) is 35.0 Å². The first kappa shape index (κ1) is 19.4. The number of hydrogen-bond donors (Lipinski definition) is 1. The molecule has 1 fully saturated rings. The maximum atomic E-state index is 12.5. The van der Waals surface area contributed by atoms with E-state index in [0.717, 1.165) is 32.5 Å². The van der Waals surface area contributed by atoms with Crippen LogP contribution in [0.15, 0.2) is 50.2 Å². The van der Waals surface area contributed by atoms with Crippen LogP contribution in [0.3, 0.4) is 0 Å². The molecule has 2 aromatic rings. The number of imide groups is 1. The number of nitrogens with one attached hydrogen (secondary N) is 1. The summed E-state index contributed by atoms with van der Waals surface area (Å²) in [7, 11) is 0. The normalized spacial score (nSPS) is 15.6. The van der Waals surface area contributed by atoms with Crippen molar-refractivity contribution in [2.24, 2.45) is 0 Å². The molecular formula is C19H17BrN2O4S. The number of carbonyl (C=O) groups excluding carboxylic acids is 3. The molecule has 0 unspecified atom stereocenters. The Morgan fingerprint density at radius 2 is 2.11 bits per heavy atom. The molecule has 0 aliphatic carbocycles. The molecule has 8 heteroatoms. The summed E-state index contributed by atoms with van der Waals surface area (Å²) >= 11 is 4.27. The molecule has 2 heterocycles. The summed E-state index contributed by atoms with van der Waals surface area (Å²) in [5, 5.41) is 2.32. The molecule has 140 valence electrons. The van der Waals surface area contributed by atoms with Gasteiger partial charge < -0.3 is 9.73 Å². The number of aryl methyl sites for hydroxylation is 1.